The molecule has 0 saturated carbocycles. The zero-order chi connectivity index (χ0) is 14.8. The summed E-state index contributed by atoms with van der Waals surface area (Å²) in [5, 5.41) is 7.98. The molecule has 0 fully saturated rings. The second-order valence-electron chi connectivity index (χ2n) is 4.68. The lowest BCUT2D eigenvalue weighted by molar-refractivity contribution is -0.115. The van der Waals surface area contributed by atoms with E-state index in [9.17, 15) is 4.79 Å². The molecular formula is C15H12ClN3O2. The third-order valence-electron chi connectivity index (χ3n) is 3.08. The molecule has 106 valence electrons. The van der Waals surface area contributed by atoms with Gasteiger partial charge >= 0.3 is 0 Å². The first-order chi connectivity index (χ1) is 10.1. The Morgan fingerprint density at radius 1 is 1.38 bits per heavy atom. The van der Waals surface area contributed by atoms with Crippen LogP contribution in [0, 0.1) is 6.92 Å². The fourth-order valence-corrected chi connectivity index (χ4v) is 2.15. The third kappa shape index (κ3) is 2.87. The third-order valence-corrected chi connectivity index (χ3v) is 3.47. The molecule has 5 nitrogen and oxygen atoms in total. The largest absolute Gasteiger partial charge is 0.356 e. The van der Waals surface area contributed by atoms with Crippen molar-refractivity contribution in [2.24, 2.45) is 0 Å². The maximum atomic E-state index is 12.1. The van der Waals surface area contributed by atoms with Crippen molar-refractivity contribution >= 4 is 34.2 Å². The molecule has 2 aromatic heterocycles. The van der Waals surface area contributed by atoms with Gasteiger partial charge in [0.15, 0.2) is 5.58 Å². The Bertz CT molecular complexity index is 814. The smallest absolute Gasteiger partial charge is 0.230 e. The molecule has 0 radical (unpaired) electrons. The van der Waals surface area contributed by atoms with Crippen LogP contribution in [0.15, 0.2) is 41.1 Å². The zero-order valence-corrected chi connectivity index (χ0v) is 12.0. The van der Waals surface area contributed by atoms with E-state index >= 15 is 0 Å². The molecule has 0 saturated heterocycles. The molecular weight excluding hydrogens is 290 g/mol. The van der Waals surface area contributed by atoms with Crippen LogP contribution in [0.25, 0.3) is 11.0 Å². The van der Waals surface area contributed by atoms with Gasteiger partial charge in [0.05, 0.1) is 18.3 Å². The molecule has 0 bridgehead atoms. The van der Waals surface area contributed by atoms with Crippen LogP contribution < -0.4 is 5.32 Å². The number of para-hydroxylation sites is 1. The summed E-state index contributed by atoms with van der Waals surface area (Å²) in [6.07, 6.45) is 1.66. The van der Waals surface area contributed by atoms with Crippen LogP contribution in [0.5, 0.6) is 0 Å². The standard InChI is InChI=1S/C15H12ClN3O2/c1-9-6-10(8-17-15(9)16)18-14(20)7-12-11-4-2-3-5-13(11)21-19-12/h2-6,8H,7H2,1H3,(H,18,20). The molecule has 2 heterocycles. The highest BCUT2D eigenvalue weighted by molar-refractivity contribution is 6.30. The van der Waals surface area contributed by atoms with Crippen LogP contribution in [-0.4, -0.2) is 16.0 Å². The Balaban J connectivity index is 1.75. The van der Waals surface area contributed by atoms with E-state index in [2.05, 4.69) is 15.5 Å². The van der Waals surface area contributed by atoms with Crippen LogP contribution in [-0.2, 0) is 11.2 Å². The first-order valence-corrected chi connectivity index (χ1v) is 6.76. The number of anilines is 1. The summed E-state index contributed by atoms with van der Waals surface area (Å²) in [5.41, 5.74) is 2.70. The summed E-state index contributed by atoms with van der Waals surface area (Å²) in [6.45, 7) is 1.83. The maximum Gasteiger partial charge on any atom is 0.230 e. The van der Waals surface area contributed by atoms with Crippen molar-refractivity contribution in [3.8, 4) is 0 Å². The number of aryl methyl sites for hydroxylation is 1. The van der Waals surface area contributed by atoms with Crippen LogP contribution in [0.4, 0.5) is 5.69 Å². The van der Waals surface area contributed by atoms with Gasteiger partial charge in [0, 0.05) is 5.39 Å². The van der Waals surface area contributed by atoms with Crippen LogP contribution in [0.1, 0.15) is 11.3 Å². The summed E-state index contributed by atoms with van der Waals surface area (Å²) in [5.74, 6) is -0.183. The van der Waals surface area contributed by atoms with Crippen molar-refractivity contribution < 1.29 is 9.32 Å². The van der Waals surface area contributed by atoms with Crippen molar-refractivity contribution in [3.63, 3.8) is 0 Å². The molecule has 3 rings (SSSR count). The minimum Gasteiger partial charge on any atom is -0.356 e. The Kier molecular flexibility index (Phi) is 3.58. The van der Waals surface area contributed by atoms with Crippen molar-refractivity contribution in [2.75, 3.05) is 5.32 Å². The zero-order valence-electron chi connectivity index (χ0n) is 11.3. The molecule has 0 aliphatic heterocycles. The topological polar surface area (TPSA) is 68.0 Å². The summed E-state index contributed by atoms with van der Waals surface area (Å²) in [7, 11) is 0. The maximum absolute atomic E-state index is 12.1. The first kappa shape index (κ1) is 13.6. The summed E-state index contributed by atoms with van der Waals surface area (Å²) >= 11 is 5.85. The van der Waals surface area contributed by atoms with Crippen molar-refractivity contribution in [1.29, 1.82) is 0 Å². The summed E-state index contributed by atoms with van der Waals surface area (Å²) < 4.78 is 5.18. The summed E-state index contributed by atoms with van der Waals surface area (Å²) in [6, 6.07) is 9.21. The van der Waals surface area contributed by atoms with Crippen LogP contribution in [0.2, 0.25) is 5.15 Å². The number of benzene rings is 1. The molecule has 0 aliphatic carbocycles. The number of fused-ring (bicyclic) bond motifs is 1. The lowest BCUT2D eigenvalue weighted by Crippen LogP contribution is -2.15. The predicted octanol–water partition coefficient (Wildman–Crippen LogP) is 3.37. The molecule has 0 unspecified atom stereocenters. The SMILES string of the molecule is Cc1cc(NC(=O)Cc2noc3ccccc23)cnc1Cl. The lowest BCUT2D eigenvalue weighted by atomic mass is 10.1. The van der Waals surface area contributed by atoms with Gasteiger partial charge in [0.1, 0.15) is 10.8 Å². The fourth-order valence-electron chi connectivity index (χ4n) is 2.05. The van der Waals surface area contributed by atoms with Crippen LogP contribution in [0.3, 0.4) is 0 Å². The number of amides is 1. The van der Waals surface area contributed by atoms with Gasteiger partial charge in [-0.25, -0.2) is 4.98 Å². The molecule has 21 heavy (non-hydrogen) atoms. The first-order valence-electron chi connectivity index (χ1n) is 6.39. The molecule has 0 atom stereocenters. The van der Waals surface area contributed by atoms with E-state index in [0.29, 0.717) is 22.1 Å². The molecule has 0 aliphatic rings. The van der Waals surface area contributed by atoms with E-state index in [0.717, 1.165) is 10.9 Å². The average molecular weight is 302 g/mol. The minimum absolute atomic E-state index is 0.138. The van der Waals surface area contributed by atoms with Crippen molar-refractivity contribution in [1.82, 2.24) is 10.1 Å². The second-order valence-corrected chi connectivity index (χ2v) is 5.04. The molecule has 1 N–H and O–H groups in total. The number of nitrogens with zero attached hydrogens (tertiary/aromatic N) is 2. The Hall–Kier alpha value is -2.40. The highest BCUT2D eigenvalue weighted by Gasteiger charge is 2.12. The van der Waals surface area contributed by atoms with Crippen molar-refractivity contribution in [3.05, 3.63) is 52.9 Å². The Morgan fingerprint density at radius 2 is 2.19 bits per heavy atom. The van der Waals surface area contributed by atoms with Crippen LogP contribution >= 0.6 is 11.6 Å². The van der Waals surface area contributed by atoms with E-state index in [1.165, 1.54) is 6.20 Å². The monoisotopic (exact) mass is 301 g/mol. The molecule has 0 spiro atoms. The number of hydrogen-bond donors (Lipinski definition) is 1. The Labute approximate surface area is 125 Å². The number of halogens is 1. The Morgan fingerprint density at radius 3 is 3.00 bits per heavy atom. The number of aromatic nitrogens is 2. The van der Waals surface area contributed by atoms with Gasteiger partial charge in [-0.3, -0.25) is 4.79 Å². The van der Waals surface area contributed by atoms with Gasteiger partial charge in [-0.1, -0.05) is 28.9 Å². The van der Waals surface area contributed by atoms with E-state index in [4.69, 9.17) is 16.1 Å². The summed E-state index contributed by atoms with van der Waals surface area (Å²) in [4.78, 5) is 16.1. The number of carbonyl (C=O) groups excluding carboxylic acids is 1. The van der Waals surface area contributed by atoms with Gasteiger partial charge in [-0.05, 0) is 30.7 Å². The predicted molar refractivity (Wildman–Crippen MR) is 80.3 cm³/mol. The highest BCUT2D eigenvalue weighted by Crippen LogP contribution is 2.19. The normalized spacial score (nSPS) is 10.8. The van der Waals surface area contributed by atoms with E-state index < -0.39 is 0 Å². The lowest BCUT2D eigenvalue weighted by Gasteiger charge is -2.05. The van der Waals surface area contributed by atoms with Gasteiger partial charge in [0.2, 0.25) is 5.91 Å². The molecule has 1 amide bonds. The van der Waals surface area contributed by atoms with E-state index in [1.807, 2.05) is 31.2 Å². The minimum atomic E-state index is -0.183. The fraction of sp³-hybridized carbons (Fsp3) is 0.133. The van der Waals surface area contributed by atoms with Gasteiger partial charge in [-0.2, -0.15) is 0 Å². The van der Waals surface area contributed by atoms with Gasteiger partial charge < -0.3 is 9.84 Å². The van der Waals surface area contributed by atoms with Crippen molar-refractivity contribution in [2.45, 2.75) is 13.3 Å². The van der Waals surface area contributed by atoms with E-state index in [-0.39, 0.29) is 12.3 Å². The quantitative estimate of drug-likeness (QED) is 0.753. The number of rotatable bonds is 3. The highest BCUT2D eigenvalue weighted by atomic mass is 35.5. The van der Waals surface area contributed by atoms with E-state index in [1.54, 1.807) is 6.07 Å². The van der Waals surface area contributed by atoms with Gasteiger partial charge in [-0.15, -0.1) is 0 Å². The molecule has 3 aromatic rings. The number of pyridine rings is 1. The van der Waals surface area contributed by atoms with Gasteiger partial charge in [0.25, 0.3) is 0 Å². The number of hydrogen-bond acceptors (Lipinski definition) is 4. The molecule has 6 heteroatoms. The molecule has 1 aromatic carbocycles. The average Bonchev–Trinajstić information content (AvgIpc) is 2.86. The number of carbonyl (C=O) groups is 1. The number of nitrogens with one attached hydrogen (secondary N) is 1. The second kappa shape index (κ2) is 5.54.